The lowest BCUT2D eigenvalue weighted by molar-refractivity contribution is 0.252. The Morgan fingerprint density at radius 3 is 2.46 bits per heavy atom. The van der Waals surface area contributed by atoms with Gasteiger partial charge in [-0.15, -0.1) is 0 Å². The van der Waals surface area contributed by atoms with Gasteiger partial charge < -0.3 is 10.6 Å². The van der Waals surface area contributed by atoms with E-state index in [9.17, 15) is 4.79 Å². The number of nitrogens with zero attached hydrogens (tertiary/aromatic N) is 3. The summed E-state index contributed by atoms with van der Waals surface area (Å²) in [6, 6.07) is 11.4. The molecule has 134 valence electrons. The molecule has 1 aromatic carbocycles. The maximum absolute atomic E-state index is 11.6. The fourth-order valence-corrected chi connectivity index (χ4v) is 2.45. The van der Waals surface area contributed by atoms with Crippen molar-refractivity contribution in [1.82, 2.24) is 20.3 Å². The third-order valence-electron chi connectivity index (χ3n) is 3.84. The Morgan fingerprint density at radius 2 is 1.77 bits per heavy atom. The maximum atomic E-state index is 11.6. The summed E-state index contributed by atoms with van der Waals surface area (Å²) in [6.07, 6.45) is 1.66. The van der Waals surface area contributed by atoms with Crippen molar-refractivity contribution in [2.45, 2.75) is 26.7 Å². The average Bonchev–Trinajstić information content (AvgIpc) is 2.62. The Morgan fingerprint density at radius 1 is 1.04 bits per heavy atom. The van der Waals surface area contributed by atoms with Gasteiger partial charge in [-0.25, -0.2) is 19.7 Å². The Labute approximate surface area is 152 Å². The van der Waals surface area contributed by atoms with Crippen LogP contribution in [0, 0.1) is 0 Å². The normalized spacial score (nSPS) is 10.8. The third-order valence-corrected chi connectivity index (χ3v) is 3.84. The Balaban J connectivity index is 1.79. The van der Waals surface area contributed by atoms with Crippen LogP contribution in [0.5, 0.6) is 0 Å². The fraction of sp³-hybridized carbons (Fsp3) is 0.263. The topological polar surface area (TPSA) is 91.8 Å². The van der Waals surface area contributed by atoms with Crippen LogP contribution in [0.4, 0.5) is 22.1 Å². The first kappa shape index (κ1) is 17.6. The SMILES string of the molecule is CCNC(=O)Nc1ccc2ncc(Nc3ccc(C(C)C)cc3)nc2n1. The Kier molecular flexibility index (Phi) is 5.26. The molecule has 0 saturated carbocycles. The van der Waals surface area contributed by atoms with Gasteiger partial charge in [0.25, 0.3) is 0 Å². The van der Waals surface area contributed by atoms with Gasteiger partial charge in [0.2, 0.25) is 0 Å². The van der Waals surface area contributed by atoms with Crippen LogP contribution >= 0.6 is 0 Å². The molecule has 0 aliphatic heterocycles. The number of anilines is 3. The van der Waals surface area contributed by atoms with E-state index in [0.29, 0.717) is 35.3 Å². The molecule has 0 fully saturated rings. The molecule has 2 amide bonds. The van der Waals surface area contributed by atoms with Gasteiger partial charge in [0, 0.05) is 12.2 Å². The van der Waals surface area contributed by atoms with E-state index in [1.54, 1.807) is 18.3 Å². The van der Waals surface area contributed by atoms with Gasteiger partial charge in [-0.3, -0.25) is 5.32 Å². The highest BCUT2D eigenvalue weighted by Gasteiger charge is 2.06. The predicted molar refractivity (Wildman–Crippen MR) is 104 cm³/mol. The monoisotopic (exact) mass is 350 g/mol. The number of amides is 2. The second-order valence-corrected chi connectivity index (χ2v) is 6.18. The van der Waals surface area contributed by atoms with Crippen molar-refractivity contribution in [3.05, 3.63) is 48.2 Å². The smallest absolute Gasteiger partial charge is 0.320 e. The number of hydrogen-bond donors (Lipinski definition) is 3. The molecule has 2 heterocycles. The van der Waals surface area contributed by atoms with Gasteiger partial charge in [-0.2, -0.15) is 0 Å². The van der Waals surface area contributed by atoms with Crippen LogP contribution in [0.2, 0.25) is 0 Å². The zero-order valence-electron chi connectivity index (χ0n) is 15.1. The van der Waals surface area contributed by atoms with Crippen LogP contribution in [0.15, 0.2) is 42.6 Å². The van der Waals surface area contributed by atoms with E-state index >= 15 is 0 Å². The van der Waals surface area contributed by atoms with Crippen LogP contribution in [0.3, 0.4) is 0 Å². The fourth-order valence-electron chi connectivity index (χ4n) is 2.45. The first-order valence-electron chi connectivity index (χ1n) is 8.61. The number of benzene rings is 1. The maximum Gasteiger partial charge on any atom is 0.320 e. The lowest BCUT2D eigenvalue weighted by Gasteiger charge is -2.09. The Hall–Kier alpha value is -3.22. The minimum absolute atomic E-state index is 0.299. The number of urea groups is 1. The molecule has 0 bridgehead atoms. The van der Waals surface area contributed by atoms with Crippen LogP contribution < -0.4 is 16.0 Å². The highest BCUT2D eigenvalue weighted by molar-refractivity contribution is 5.89. The van der Waals surface area contributed by atoms with Gasteiger partial charge in [-0.1, -0.05) is 26.0 Å². The highest BCUT2D eigenvalue weighted by atomic mass is 16.2. The summed E-state index contributed by atoms with van der Waals surface area (Å²) in [5.74, 6) is 1.51. The molecule has 3 rings (SSSR count). The lowest BCUT2D eigenvalue weighted by Crippen LogP contribution is -2.28. The zero-order chi connectivity index (χ0) is 18.5. The summed E-state index contributed by atoms with van der Waals surface area (Å²) in [6.45, 7) is 6.72. The van der Waals surface area contributed by atoms with Gasteiger partial charge in [0.1, 0.15) is 11.3 Å². The lowest BCUT2D eigenvalue weighted by atomic mass is 10.0. The first-order valence-corrected chi connectivity index (χ1v) is 8.61. The van der Waals surface area contributed by atoms with Crippen molar-refractivity contribution in [2.75, 3.05) is 17.2 Å². The zero-order valence-corrected chi connectivity index (χ0v) is 15.1. The van der Waals surface area contributed by atoms with Gasteiger partial charge in [0.05, 0.1) is 6.20 Å². The molecule has 0 aliphatic rings. The molecular formula is C19H22N6O. The second-order valence-electron chi connectivity index (χ2n) is 6.18. The summed E-state index contributed by atoms with van der Waals surface area (Å²) in [5, 5.41) is 8.56. The number of nitrogens with one attached hydrogen (secondary N) is 3. The van der Waals surface area contributed by atoms with E-state index in [-0.39, 0.29) is 6.03 Å². The van der Waals surface area contributed by atoms with Crippen molar-refractivity contribution in [2.24, 2.45) is 0 Å². The van der Waals surface area contributed by atoms with Gasteiger partial charge in [0.15, 0.2) is 11.5 Å². The molecule has 0 atom stereocenters. The molecule has 0 saturated heterocycles. The summed E-state index contributed by atoms with van der Waals surface area (Å²) in [5.41, 5.74) is 3.33. The molecule has 0 unspecified atom stereocenters. The number of pyridine rings is 1. The largest absolute Gasteiger partial charge is 0.339 e. The molecule has 3 N–H and O–H groups in total. The van der Waals surface area contributed by atoms with Crippen molar-refractivity contribution < 1.29 is 4.79 Å². The molecule has 0 spiro atoms. The van der Waals surface area contributed by atoms with E-state index < -0.39 is 0 Å². The number of carbonyl (C=O) groups is 1. The number of aromatic nitrogens is 3. The molecular weight excluding hydrogens is 328 g/mol. The molecule has 26 heavy (non-hydrogen) atoms. The molecule has 7 heteroatoms. The number of fused-ring (bicyclic) bond motifs is 1. The van der Waals surface area contributed by atoms with E-state index in [0.717, 1.165) is 5.69 Å². The van der Waals surface area contributed by atoms with E-state index in [2.05, 4.69) is 56.9 Å². The van der Waals surface area contributed by atoms with Crippen molar-refractivity contribution in [3.63, 3.8) is 0 Å². The minimum Gasteiger partial charge on any atom is -0.339 e. The van der Waals surface area contributed by atoms with E-state index in [1.165, 1.54) is 5.56 Å². The van der Waals surface area contributed by atoms with Crippen molar-refractivity contribution in [1.29, 1.82) is 0 Å². The molecule has 0 aliphatic carbocycles. The molecule has 7 nitrogen and oxygen atoms in total. The number of hydrogen-bond acceptors (Lipinski definition) is 5. The van der Waals surface area contributed by atoms with Crippen LogP contribution in [-0.4, -0.2) is 27.5 Å². The quantitative estimate of drug-likeness (QED) is 0.646. The van der Waals surface area contributed by atoms with Gasteiger partial charge >= 0.3 is 6.03 Å². The first-order chi connectivity index (χ1) is 12.5. The summed E-state index contributed by atoms with van der Waals surface area (Å²) in [7, 11) is 0. The minimum atomic E-state index is -0.299. The molecule has 3 aromatic rings. The van der Waals surface area contributed by atoms with Crippen LogP contribution in [0.25, 0.3) is 11.2 Å². The average molecular weight is 350 g/mol. The second kappa shape index (κ2) is 7.77. The van der Waals surface area contributed by atoms with Gasteiger partial charge in [-0.05, 0) is 42.7 Å². The van der Waals surface area contributed by atoms with E-state index in [4.69, 9.17) is 0 Å². The third kappa shape index (κ3) is 4.24. The number of carbonyl (C=O) groups excluding carboxylic acids is 1. The van der Waals surface area contributed by atoms with Crippen molar-refractivity contribution >= 4 is 34.5 Å². The van der Waals surface area contributed by atoms with Crippen molar-refractivity contribution in [3.8, 4) is 0 Å². The molecule has 2 aromatic heterocycles. The number of rotatable bonds is 5. The Bertz CT molecular complexity index is 908. The van der Waals surface area contributed by atoms with E-state index in [1.807, 2.05) is 19.1 Å². The highest BCUT2D eigenvalue weighted by Crippen LogP contribution is 2.20. The van der Waals surface area contributed by atoms with Crippen LogP contribution in [0.1, 0.15) is 32.3 Å². The predicted octanol–water partition coefficient (Wildman–Crippen LogP) is 4.03. The summed E-state index contributed by atoms with van der Waals surface area (Å²) >= 11 is 0. The molecule has 0 radical (unpaired) electrons. The van der Waals surface area contributed by atoms with Crippen LogP contribution in [-0.2, 0) is 0 Å². The summed E-state index contributed by atoms with van der Waals surface area (Å²) < 4.78 is 0. The standard InChI is InChI=1S/C19H22N6O/c1-4-20-19(26)25-16-10-9-15-18(23-16)24-17(11-21-15)22-14-7-5-13(6-8-14)12(2)3/h5-12H,4H2,1-3H3,(H3,20,22,23,24,25,26). The summed E-state index contributed by atoms with van der Waals surface area (Å²) in [4.78, 5) is 24.8.